The molecule has 0 saturated carbocycles. The third-order valence-corrected chi connectivity index (χ3v) is 4.74. The Labute approximate surface area is 168 Å². The van der Waals surface area contributed by atoms with Gasteiger partial charge in [0.1, 0.15) is 5.69 Å². The normalized spacial score (nSPS) is 11.5. The number of aryl methyl sites for hydroxylation is 1. The average Bonchev–Trinajstić information content (AvgIpc) is 2.71. The molecule has 1 aromatic heterocycles. The van der Waals surface area contributed by atoms with Crippen LogP contribution >= 0.6 is 11.6 Å². The molecule has 1 unspecified atom stereocenters. The zero-order valence-electron chi connectivity index (χ0n) is 15.6. The Bertz CT molecular complexity index is 1010. The van der Waals surface area contributed by atoms with Crippen molar-refractivity contribution in [2.75, 3.05) is 5.32 Å². The fourth-order valence-electron chi connectivity index (χ4n) is 2.67. The molecule has 1 atom stereocenters. The lowest BCUT2D eigenvalue weighted by molar-refractivity contribution is 0.0939. The van der Waals surface area contributed by atoms with E-state index in [-0.39, 0.29) is 17.6 Å². The van der Waals surface area contributed by atoms with Crippen LogP contribution in [0.25, 0.3) is 0 Å². The molecule has 0 bridgehead atoms. The number of carbonyl (C=O) groups is 2. The number of halogens is 1. The SMILES string of the molecule is Cc1ccc(NC(=O)c2cc(C(=O)NC(C)c3ccccc3)ccn2)cc1Cl. The van der Waals surface area contributed by atoms with Crippen molar-refractivity contribution in [3.8, 4) is 0 Å². The number of hydrogen-bond acceptors (Lipinski definition) is 3. The molecule has 0 spiro atoms. The number of pyridine rings is 1. The summed E-state index contributed by atoms with van der Waals surface area (Å²) in [6, 6.07) is 17.8. The lowest BCUT2D eigenvalue weighted by Crippen LogP contribution is -2.27. The highest BCUT2D eigenvalue weighted by Crippen LogP contribution is 2.20. The van der Waals surface area contributed by atoms with Crippen molar-refractivity contribution in [2.24, 2.45) is 0 Å². The summed E-state index contributed by atoms with van der Waals surface area (Å²) in [5.74, 6) is -0.683. The molecule has 28 heavy (non-hydrogen) atoms. The van der Waals surface area contributed by atoms with Crippen molar-refractivity contribution in [1.29, 1.82) is 0 Å². The maximum Gasteiger partial charge on any atom is 0.274 e. The Morgan fingerprint density at radius 2 is 1.75 bits per heavy atom. The van der Waals surface area contributed by atoms with Gasteiger partial charge in [-0.25, -0.2) is 0 Å². The van der Waals surface area contributed by atoms with E-state index >= 15 is 0 Å². The quantitative estimate of drug-likeness (QED) is 0.654. The number of amides is 2. The standard InChI is InChI=1S/C22H20ClN3O2/c1-14-8-9-18(13-19(14)23)26-22(28)20-12-17(10-11-24-20)21(27)25-15(2)16-6-4-3-5-7-16/h3-13,15H,1-2H3,(H,25,27)(H,26,28). The monoisotopic (exact) mass is 393 g/mol. The summed E-state index contributed by atoms with van der Waals surface area (Å²) in [5, 5.41) is 6.23. The summed E-state index contributed by atoms with van der Waals surface area (Å²) in [6.45, 7) is 3.79. The summed E-state index contributed by atoms with van der Waals surface area (Å²) in [6.07, 6.45) is 1.44. The minimum absolute atomic E-state index is 0.150. The maximum absolute atomic E-state index is 12.6. The molecule has 2 amide bonds. The van der Waals surface area contributed by atoms with Crippen LogP contribution in [0.1, 0.15) is 44.9 Å². The number of nitrogens with one attached hydrogen (secondary N) is 2. The van der Waals surface area contributed by atoms with Crippen molar-refractivity contribution in [2.45, 2.75) is 19.9 Å². The van der Waals surface area contributed by atoms with Crippen molar-refractivity contribution in [3.05, 3.63) is 94.3 Å². The van der Waals surface area contributed by atoms with E-state index in [1.165, 1.54) is 12.3 Å². The summed E-state index contributed by atoms with van der Waals surface area (Å²) in [7, 11) is 0. The minimum Gasteiger partial charge on any atom is -0.346 e. The smallest absolute Gasteiger partial charge is 0.274 e. The third-order valence-electron chi connectivity index (χ3n) is 4.33. The van der Waals surface area contributed by atoms with Gasteiger partial charge in [0.15, 0.2) is 0 Å². The summed E-state index contributed by atoms with van der Waals surface area (Å²) >= 11 is 6.09. The zero-order valence-corrected chi connectivity index (χ0v) is 16.3. The topological polar surface area (TPSA) is 71.1 Å². The average molecular weight is 394 g/mol. The second-order valence-corrected chi connectivity index (χ2v) is 6.86. The lowest BCUT2D eigenvalue weighted by atomic mass is 10.1. The van der Waals surface area contributed by atoms with E-state index in [1.807, 2.05) is 50.2 Å². The Hall–Kier alpha value is -3.18. The van der Waals surface area contributed by atoms with Gasteiger partial charge >= 0.3 is 0 Å². The highest BCUT2D eigenvalue weighted by atomic mass is 35.5. The summed E-state index contributed by atoms with van der Waals surface area (Å²) in [4.78, 5) is 29.1. The van der Waals surface area contributed by atoms with Gasteiger partial charge in [0.2, 0.25) is 0 Å². The number of anilines is 1. The highest BCUT2D eigenvalue weighted by molar-refractivity contribution is 6.31. The highest BCUT2D eigenvalue weighted by Gasteiger charge is 2.15. The summed E-state index contributed by atoms with van der Waals surface area (Å²) < 4.78 is 0. The van der Waals surface area contributed by atoms with Crippen LogP contribution in [0, 0.1) is 6.92 Å². The van der Waals surface area contributed by atoms with Crippen LogP contribution in [0.4, 0.5) is 5.69 Å². The first-order chi connectivity index (χ1) is 13.4. The third kappa shape index (κ3) is 4.75. The molecule has 0 aliphatic heterocycles. The largest absolute Gasteiger partial charge is 0.346 e. The van der Waals surface area contributed by atoms with E-state index in [9.17, 15) is 9.59 Å². The minimum atomic E-state index is -0.411. The molecule has 1 heterocycles. The Kier molecular flexibility index (Phi) is 6.06. The van der Waals surface area contributed by atoms with Gasteiger partial charge in [0, 0.05) is 22.5 Å². The molecule has 0 radical (unpaired) electrons. The van der Waals surface area contributed by atoms with Crippen LogP contribution in [0.15, 0.2) is 66.9 Å². The van der Waals surface area contributed by atoms with E-state index < -0.39 is 5.91 Å². The number of benzene rings is 2. The predicted octanol–water partition coefficient (Wildman–Crippen LogP) is 4.79. The molecular formula is C22H20ClN3O2. The molecule has 5 nitrogen and oxygen atoms in total. The number of rotatable bonds is 5. The Morgan fingerprint density at radius 1 is 1.00 bits per heavy atom. The van der Waals surface area contributed by atoms with Crippen molar-refractivity contribution in [1.82, 2.24) is 10.3 Å². The molecular weight excluding hydrogens is 374 g/mol. The fourth-order valence-corrected chi connectivity index (χ4v) is 2.85. The summed E-state index contributed by atoms with van der Waals surface area (Å²) in [5.41, 5.74) is 3.00. The Morgan fingerprint density at radius 3 is 2.46 bits per heavy atom. The number of aromatic nitrogens is 1. The van der Waals surface area contributed by atoms with Crippen LogP contribution in [0.3, 0.4) is 0 Å². The van der Waals surface area contributed by atoms with Gasteiger partial charge in [0.25, 0.3) is 11.8 Å². The zero-order chi connectivity index (χ0) is 20.1. The molecule has 2 N–H and O–H groups in total. The molecule has 142 valence electrons. The second kappa shape index (κ2) is 8.67. The van der Waals surface area contributed by atoms with Crippen molar-refractivity contribution >= 4 is 29.1 Å². The van der Waals surface area contributed by atoms with Gasteiger partial charge in [-0.1, -0.05) is 48.0 Å². The van der Waals surface area contributed by atoms with E-state index in [4.69, 9.17) is 11.6 Å². The molecule has 0 saturated heterocycles. The van der Waals surface area contributed by atoms with Gasteiger partial charge in [0.05, 0.1) is 6.04 Å². The maximum atomic E-state index is 12.6. The predicted molar refractivity (Wildman–Crippen MR) is 111 cm³/mol. The van der Waals surface area contributed by atoms with E-state index in [0.717, 1.165) is 11.1 Å². The van der Waals surface area contributed by atoms with E-state index in [0.29, 0.717) is 16.3 Å². The lowest BCUT2D eigenvalue weighted by Gasteiger charge is -2.14. The first-order valence-corrected chi connectivity index (χ1v) is 9.21. The van der Waals surface area contributed by atoms with Crippen molar-refractivity contribution in [3.63, 3.8) is 0 Å². The molecule has 0 aliphatic rings. The first kappa shape index (κ1) is 19.6. The fraction of sp³-hybridized carbons (Fsp3) is 0.136. The van der Waals surface area contributed by atoms with Gasteiger partial charge < -0.3 is 10.6 Å². The number of hydrogen-bond donors (Lipinski definition) is 2. The van der Waals surface area contributed by atoms with Crippen LogP contribution in [0.5, 0.6) is 0 Å². The van der Waals surface area contributed by atoms with Crippen LogP contribution < -0.4 is 10.6 Å². The van der Waals surface area contributed by atoms with E-state index in [2.05, 4.69) is 15.6 Å². The van der Waals surface area contributed by atoms with Gasteiger partial charge in [-0.2, -0.15) is 0 Å². The van der Waals surface area contributed by atoms with Crippen LogP contribution in [-0.4, -0.2) is 16.8 Å². The molecule has 2 aromatic carbocycles. The molecule has 6 heteroatoms. The molecule has 3 rings (SSSR count). The second-order valence-electron chi connectivity index (χ2n) is 6.45. The Balaban J connectivity index is 1.71. The van der Waals surface area contributed by atoms with Crippen molar-refractivity contribution < 1.29 is 9.59 Å². The van der Waals surface area contributed by atoms with Crippen LogP contribution in [-0.2, 0) is 0 Å². The van der Waals surface area contributed by atoms with Gasteiger partial charge in [-0.3, -0.25) is 14.6 Å². The van der Waals surface area contributed by atoms with Crippen LogP contribution in [0.2, 0.25) is 5.02 Å². The number of carbonyl (C=O) groups excluding carboxylic acids is 2. The molecule has 0 aliphatic carbocycles. The molecule has 0 fully saturated rings. The molecule has 3 aromatic rings. The van der Waals surface area contributed by atoms with E-state index in [1.54, 1.807) is 18.2 Å². The van der Waals surface area contributed by atoms with Gasteiger partial charge in [-0.15, -0.1) is 0 Å². The number of nitrogens with zero attached hydrogens (tertiary/aromatic N) is 1. The first-order valence-electron chi connectivity index (χ1n) is 8.83. The van der Waals surface area contributed by atoms with Gasteiger partial charge in [-0.05, 0) is 49.2 Å².